The molecular weight excluding hydrogens is 196 g/mol. The minimum absolute atomic E-state index is 0.331. The van der Waals surface area contributed by atoms with Gasteiger partial charge in [0.05, 0.1) is 12.7 Å². The molecule has 2 rings (SSSR count). The number of ether oxygens (including phenoxy) is 1. The van der Waals surface area contributed by atoms with Crippen molar-refractivity contribution >= 4 is 5.82 Å². The second-order valence-corrected chi connectivity index (χ2v) is 2.96. The summed E-state index contributed by atoms with van der Waals surface area (Å²) in [7, 11) is 1.52. The number of aryl methyl sites for hydroxylation is 1. The molecule has 0 aliphatic rings. The molecule has 0 unspecified atom stereocenters. The highest BCUT2D eigenvalue weighted by atomic mass is 16.5. The summed E-state index contributed by atoms with van der Waals surface area (Å²) in [5.74, 6) is 1.79. The molecular formula is C9H10N4O2. The molecule has 2 aromatic rings. The van der Waals surface area contributed by atoms with Crippen molar-refractivity contribution in [3.05, 3.63) is 18.1 Å². The molecule has 0 aliphatic heterocycles. The van der Waals surface area contributed by atoms with Gasteiger partial charge >= 0.3 is 0 Å². The van der Waals surface area contributed by atoms with Crippen molar-refractivity contribution in [1.29, 1.82) is 0 Å². The number of pyridine rings is 1. The summed E-state index contributed by atoms with van der Waals surface area (Å²) < 4.78 is 10.0. The van der Waals surface area contributed by atoms with Gasteiger partial charge < -0.3 is 15.0 Å². The van der Waals surface area contributed by atoms with Crippen LogP contribution in [0.25, 0.3) is 11.5 Å². The highest BCUT2D eigenvalue weighted by Crippen LogP contribution is 2.25. The highest BCUT2D eigenvalue weighted by molar-refractivity contribution is 5.59. The molecule has 78 valence electrons. The Morgan fingerprint density at radius 1 is 1.47 bits per heavy atom. The lowest BCUT2D eigenvalue weighted by molar-refractivity contribution is 0.413. The summed E-state index contributed by atoms with van der Waals surface area (Å²) in [6.45, 7) is 1.75. The van der Waals surface area contributed by atoms with Crippen molar-refractivity contribution in [3.63, 3.8) is 0 Å². The van der Waals surface area contributed by atoms with E-state index in [0.717, 1.165) is 0 Å². The molecule has 6 heteroatoms. The first kappa shape index (κ1) is 9.45. The highest BCUT2D eigenvalue weighted by Gasteiger charge is 2.09. The number of hydrogen-bond acceptors (Lipinski definition) is 6. The molecule has 0 saturated heterocycles. The summed E-state index contributed by atoms with van der Waals surface area (Å²) in [6, 6.07) is 1.70. The molecule has 0 aromatic carbocycles. The zero-order valence-electron chi connectivity index (χ0n) is 8.39. The summed E-state index contributed by atoms with van der Waals surface area (Å²) >= 11 is 0. The van der Waals surface area contributed by atoms with Crippen molar-refractivity contribution in [2.45, 2.75) is 6.92 Å². The second-order valence-electron chi connectivity index (χ2n) is 2.96. The molecule has 0 spiro atoms. The summed E-state index contributed by atoms with van der Waals surface area (Å²) in [5.41, 5.74) is 6.26. The molecule has 15 heavy (non-hydrogen) atoms. The largest absolute Gasteiger partial charge is 0.493 e. The third-order valence-corrected chi connectivity index (χ3v) is 1.88. The predicted octanol–water partition coefficient (Wildman–Crippen LogP) is 1.03. The van der Waals surface area contributed by atoms with Gasteiger partial charge in [0.1, 0.15) is 0 Å². The quantitative estimate of drug-likeness (QED) is 0.789. The van der Waals surface area contributed by atoms with E-state index in [0.29, 0.717) is 28.8 Å². The van der Waals surface area contributed by atoms with Crippen molar-refractivity contribution in [2.24, 2.45) is 0 Å². The fourth-order valence-electron chi connectivity index (χ4n) is 1.15. The fourth-order valence-corrected chi connectivity index (χ4v) is 1.15. The lowest BCUT2D eigenvalue weighted by Gasteiger charge is -2.03. The van der Waals surface area contributed by atoms with Crippen LogP contribution in [0.1, 0.15) is 5.82 Å². The summed E-state index contributed by atoms with van der Waals surface area (Å²) in [6.07, 6.45) is 1.56. The summed E-state index contributed by atoms with van der Waals surface area (Å²) in [5, 5.41) is 3.68. The van der Waals surface area contributed by atoms with Gasteiger partial charge in [-0.05, 0) is 13.0 Å². The van der Waals surface area contributed by atoms with E-state index in [1.807, 2.05) is 0 Å². The van der Waals surface area contributed by atoms with E-state index in [1.54, 1.807) is 19.2 Å². The Kier molecular flexibility index (Phi) is 2.24. The average molecular weight is 206 g/mol. The SMILES string of the molecule is COc1cc(-c2nc(C)no2)cnc1N. The average Bonchev–Trinajstić information content (AvgIpc) is 2.66. The zero-order chi connectivity index (χ0) is 10.8. The number of nitrogens with two attached hydrogens (primary N) is 1. The number of aromatic nitrogens is 3. The Bertz CT molecular complexity index is 481. The van der Waals surface area contributed by atoms with Crippen LogP contribution < -0.4 is 10.5 Å². The maximum Gasteiger partial charge on any atom is 0.259 e. The first-order chi connectivity index (χ1) is 7.20. The van der Waals surface area contributed by atoms with Gasteiger partial charge in [0.2, 0.25) is 0 Å². The van der Waals surface area contributed by atoms with Crippen molar-refractivity contribution < 1.29 is 9.26 Å². The van der Waals surface area contributed by atoms with Crippen LogP contribution in [-0.4, -0.2) is 22.2 Å². The Morgan fingerprint density at radius 3 is 2.87 bits per heavy atom. The van der Waals surface area contributed by atoms with E-state index >= 15 is 0 Å². The smallest absolute Gasteiger partial charge is 0.259 e. The van der Waals surface area contributed by atoms with Gasteiger partial charge in [0.15, 0.2) is 17.4 Å². The van der Waals surface area contributed by atoms with Crippen LogP contribution in [0.4, 0.5) is 5.82 Å². The standard InChI is InChI=1S/C9H10N4O2/c1-5-12-9(15-13-5)6-3-7(14-2)8(10)11-4-6/h3-4H,1-2H3,(H2,10,11). The van der Waals surface area contributed by atoms with Gasteiger partial charge in [-0.2, -0.15) is 4.98 Å². The normalized spacial score (nSPS) is 10.3. The third-order valence-electron chi connectivity index (χ3n) is 1.88. The molecule has 6 nitrogen and oxygen atoms in total. The number of nitrogen functional groups attached to an aromatic ring is 1. The molecule has 0 atom stereocenters. The van der Waals surface area contributed by atoms with Gasteiger partial charge in [-0.25, -0.2) is 4.98 Å². The van der Waals surface area contributed by atoms with E-state index in [2.05, 4.69) is 15.1 Å². The van der Waals surface area contributed by atoms with Crippen LogP contribution >= 0.6 is 0 Å². The molecule has 2 N–H and O–H groups in total. The first-order valence-corrected chi connectivity index (χ1v) is 4.31. The van der Waals surface area contributed by atoms with Crippen LogP contribution in [-0.2, 0) is 0 Å². The van der Waals surface area contributed by atoms with Gasteiger partial charge in [-0.15, -0.1) is 0 Å². The monoisotopic (exact) mass is 206 g/mol. The molecule has 0 amide bonds. The molecule has 2 heterocycles. The molecule has 0 fully saturated rings. The Balaban J connectivity index is 2.45. The molecule has 0 saturated carbocycles. The predicted molar refractivity (Wildman–Crippen MR) is 53.2 cm³/mol. The van der Waals surface area contributed by atoms with Gasteiger partial charge in [0, 0.05) is 6.20 Å². The van der Waals surface area contributed by atoms with E-state index in [4.69, 9.17) is 15.0 Å². The molecule has 0 bridgehead atoms. The number of nitrogens with zero attached hydrogens (tertiary/aromatic N) is 3. The minimum atomic E-state index is 0.331. The first-order valence-electron chi connectivity index (χ1n) is 4.31. The Morgan fingerprint density at radius 2 is 2.27 bits per heavy atom. The summed E-state index contributed by atoms with van der Waals surface area (Å²) in [4.78, 5) is 8.03. The lowest BCUT2D eigenvalue weighted by Crippen LogP contribution is -1.95. The van der Waals surface area contributed by atoms with Crippen molar-refractivity contribution in [1.82, 2.24) is 15.1 Å². The van der Waals surface area contributed by atoms with E-state index in [9.17, 15) is 0 Å². The number of methoxy groups -OCH3 is 1. The molecule has 2 aromatic heterocycles. The van der Waals surface area contributed by atoms with Gasteiger partial charge in [0.25, 0.3) is 5.89 Å². The van der Waals surface area contributed by atoms with Gasteiger partial charge in [-0.1, -0.05) is 5.16 Å². The lowest BCUT2D eigenvalue weighted by atomic mass is 10.2. The van der Waals surface area contributed by atoms with Crippen LogP contribution in [0.15, 0.2) is 16.8 Å². The number of anilines is 1. The van der Waals surface area contributed by atoms with Crippen molar-refractivity contribution in [2.75, 3.05) is 12.8 Å². The van der Waals surface area contributed by atoms with Crippen molar-refractivity contribution in [3.8, 4) is 17.2 Å². The van der Waals surface area contributed by atoms with Crippen LogP contribution in [0.2, 0.25) is 0 Å². The number of hydrogen-bond donors (Lipinski definition) is 1. The maximum absolute atomic E-state index is 5.58. The van der Waals surface area contributed by atoms with Crippen LogP contribution in [0, 0.1) is 6.92 Å². The van der Waals surface area contributed by atoms with E-state index < -0.39 is 0 Å². The molecule has 0 radical (unpaired) electrons. The third kappa shape index (κ3) is 1.74. The Labute approximate surface area is 86.1 Å². The Hall–Kier alpha value is -2.11. The fraction of sp³-hybridized carbons (Fsp3) is 0.222. The van der Waals surface area contributed by atoms with E-state index in [1.165, 1.54) is 7.11 Å². The maximum atomic E-state index is 5.58. The second kappa shape index (κ2) is 3.56. The van der Waals surface area contributed by atoms with Crippen LogP contribution in [0.3, 0.4) is 0 Å². The number of rotatable bonds is 2. The zero-order valence-corrected chi connectivity index (χ0v) is 8.39. The minimum Gasteiger partial charge on any atom is -0.493 e. The topological polar surface area (TPSA) is 87.1 Å². The van der Waals surface area contributed by atoms with E-state index in [-0.39, 0.29) is 0 Å². The molecule has 0 aliphatic carbocycles. The van der Waals surface area contributed by atoms with Crippen LogP contribution in [0.5, 0.6) is 5.75 Å². The van der Waals surface area contributed by atoms with Gasteiger partial charge in [-0.3, -0.25) is 0 Å².